The summed E-state index contributed by atoms with van der Waals surface area (Å²) in [5.74, 6) is 6.10. The highest BCUT2D eigenvalue weighted by atomic mass is 35.5. The maximum absolute atomic E-state index is 13.8. The first-order valence-corrected chi connectivity index (χ1v) is 15.0. The summed E-state index contributed by atoms with van der Waals surface area (Å²) >= 11 is 7.65. The fourth-order valence-corrected chi connectivity index (χ4v) is 6.67. The van der Waals surface area contributed by atoms with Gasteiger partial charge in [-0.3, -0.25) is 14.3 Å². The Hall–Kier alpha value is -4.81. The van der Waals surface area contributed by atoms with E-state index in [2.05, 4.69) is 32.9 Å². The highest BCUT2D eigenvalue weighted by Gasteiger charge is 2.25. The van der Waals surface area contributed by atoms with Gasteiger partial charge in [-0.15, -0.1) is 11.3 Å². The van der Waals surface area contributed by atoms with Gasteiger partial charge in [-0.2, -0.15) is 5.26 Å². The SMILES string of the molecule is Cc1nc2cnc(N(C)C3CCOCC3)c(C#N)c2c(=O)n1CC#Cc1ccc(Cl)cc1-c1ccnc2c(C(=O)O)csc12. The lowest BCUT2D eigenvalue weighted by atomic mass is 10.00. The standard InChI is InChI=1S/C32H25ClN6O4S/c1-18-37-26-16-36-30(38(2)21-8-12-43-13-9-21)24(15-34)27(26)31(40)39(18)11-3-4-19-5-6-20(33)14-23(19)22-7-10-35-28-25(32(41)42)17-44-29(22)28/h5-7,10,14,16-17,21H,8-9,11-13H2,1-2H3,(H,41,42). The fraction of sp³-hybridized carbons (Fsp3) is 0.250. The molecule has 6 rings (SSSR count). The van der Waals surface area contributed by atoms with E-state index in [1.165, 1.54) is 15.9 Å². The zero-order chi connectivity index (χ0) is 31.0. The number of benzene rings is 1. The number of ether oxygens (including phenoxy) is 1. The van der Waals surface area contributed by atoms with Crippen molar-refractivity contribution in [3.8, 4) is 29.0 Å². The molecular formula is C32H25ClN6O4S. The van der Waals surface area contributed by atoms with E-state index < -0.39 is 5.97 Å². The van der Waals surface area contributed by atoms with Crippen molar-refractivity contribution in [3.63, 3.8) is 0 Å². The number of nitriles is 1. The quantitative estimate of drug-likeness (QED) is 0.260. The van der Waals surface area contributed by atoms with Crippen molar-refractivity contribution in [2.75, 3.05) is 25.2 Å². The number of fused-ring (bicyclic) bond motifs is 2. The lowest BCUT2D eigenvalue weighted by molar-refractivity contribution is 0.0699. The van der Waals surface area contributed by atoms with Gasteiger partial charge in [0.05, 0.1) is 39.4 Å². The number of halogens is 1. The van der Waals surface area contributed by atoms with Crippen LogP contribution in [0, 0.1) is 30.1 Å². The summed E-state index contributed by atoms with van der Waals surface area (Å²) < 4.78 is 7.64. The summed E-state index contributed by atoms with van der Waals surface area (Å²) in [7, 11) is 1.88. The fourth-order valence-electron chi connectivity index (χ4n) is 5.47. The smallest absolute Gasteiger partial charge is 0.338 e. The number of aromatic nitrogens is 4. The maximum Gasteiger partial charge on any atom is 0.338 e. The second-order valence-electron chi connectivity index (χ2n) is 10.3. The number of carbonyl (C=O) groups is 1. The molecular weight excluding hydrogens is 600 g/mol. The first-order chi connectivity index (χ1) is 21.3. The van der Waals surface area contributed by atoms with Crippen molar-refractivity contribution < 1.29 is 14.6 Å². The number of aryl methyl sites for hydroxylation is 1. The number of carboxylic acids is 1. The first kappa shape index (κ1) is 29.3. The molecule has 0 bridgehead atoms. The number of thiophene rings is 1. The molecule has 5 aromatic rings. The largest absolute Gasteiger partial charge is 0.478 e. The minimum absolute atomic E-state index is 0.0297. The van der Waals surface area contributed by atoms with E-state index in [4.69, 9.17) is 16.3 Å². The molecule has 12 heteroatoms. The van der Waals surface area contributed by atoms with Gasteiger partial charge in [0.2, 0.25) is 0 Å². The molecule has 0 unspecified atom stereocenters. The highest BCUT2D eigenvalue weighted by molar-refractivity contribution is 7.18. The Kier molecular flexibility index (Phi) is 8.02. The number of rotatable bonds is 5. The minimum atomic E-state index is -1.05. The van der Waals surface area contributed by atoms with Gasteiger partial charge < -0.3 is 14.7 Å². The Morgan fingerprint density at radius 2 is 2.05 bits per heavy atom. The third kappa shape index (κ3) is 5.26. The second kappa shape index (κ2) is 12.1. The van der Waals surface area contributed by atoms with Crippen LogP contribution in [0.3, 0.4) is 0 Å². The number of nitrogens with zero attached hydrogens (tertiary/aromatic N) is 6. The zero-order valence-electron chi connectivity index (χ0n) is 23.8. The number of pyridine rings is 2. The summed E-state index contributed by atoms with van der Waals surface area (Å²) in [5.41, 5.74) is 2.83. The molecule has 4 aromatic heterocycles. The average Bonchev–Trinajstić information content (AvgIpc) is 3.48. The molecule has 5 heterocycles. The number of anilines is 1. The molecule has 10 nitrogen and oxygen atoms in total. The van der Waals surface area contributed by atoms with Crippen LogP contribution in [-0.2, 0) is 11.3 Å². The van der Waals surface area contributed by atoms with E-state index in [0.29, 0.717) is 51.2 Å². The zero-order valence-corrected chi connectivity index (χ0v) is 25.4. The predicted octanol–water partition coefficient (Wildman–Crippen LogP) is 5.27. The summed E-state index contributed by atoms with van der Waals surface area (Å²) in [6.45, 7) is 3.01. The van der Waals surface area contributed by atoms with Crippen LogP contribution in [0.4, 0.5) is 5.82 Å². The van der Waals surface area contributed by atoms with Gasteiger partial charge in [0.1, 0.15) is 23.3 Å². The molecule has 0 amide bonds. The van der Waals surface area contributed by atoms with E-state index in [9.17, 15) is 20.0 Å². The first-order valence-electron chi connectivity index (χ1n) is 13.8. The van der Waals surface area contributed by atoms with Crippen molar-refractivity contribution >= 4 is 55.8 Å². The lowest BCUT2D eigenvalue weighted by Gasteiger charge is -2.32. The van der Waals surface area contributed by atoms with Crippen LogP contribution >= 0.6 is 22.9 Å². The van der Waals surface area contributed by atoms with Gasteiger partial charge in [0.25, 0.3) is 5.56 Å². The lowest BCUT2D eigenvalue weighted by Crippen LogP contribution is -2.37. The van der Waals surface area contributed by atoms with Gasteiger partial charge in [-0.25, -0.2) is 14.8 Å². The number of hydrogen-bond donors (Lipinski definition) is 1. The van der Waals surface area contributed by atoms with E-state index in [0.717, 1.165) is 24.0 Å². The third-order valence-electron chi connectivity index (χ3n) is 7.77. The molecule has 0 atom stereocenters. The average molecular weight is 625 g/mol. The third-order valence-corrected chi connectivity index (χ3v) is 9.01. The summed E-state index contributed by atoms with van der Waals surface area (Å²) in [6, 6.07) is 9.44. The monoisotopic (exact) mass is 624 g/mol. The van der Waals surface area contributed by atoms with Gasteiger partial charge in [0.15, 0.2) is 0 Å². The van der Waals surface area contributed by atoms with Crippen molar-refractivity contribution in [1.82, 2.24) is 19.5 Å². The Bertz CT molecular complexity index is 2120. The summed E-state index contributed by atoms with van der Waals surface area (Å²) in [4.78, 5) is 40.9. The Morgan fingerprint density at radius 3 is 2.80 bits per heavy atom. The number of aromatic carboxylic acids is 1. The van der Waals surface area contributed by atoms with E-state index >= 15 is 0 Å². The molecule has 1 aliphatic heterocycles. The van der Waals surface area contributed by atoms with Gasteiger partial charge in [-0.05, 0) is 44.0 Å². The maximum atomic E-state index is 13.8. The van der Waals surface area contributed by atoms with Crippen LogP contribution < -0.4 is 10.5 Å². The molecule has 1 saturated heterocycles. The van der Waals surface area contributed by atoms with Crippen molar-refractivity contribution in [2.24, 2.45) is 0 Å². The van der Waals surface area contributed by atoms with Crippen LogP contribution in [0.25, 0.3) is 32.2 Å². The van der Waals surface area contributed by atoms with Crippen LogP contribution in [0.1, 0.15) is 40.2 Å². The summed E-state index contributed by atoms with van der Waals surface area (Å²) in [5, 5.41) is 22.0. The van der Waals surface area contributed by atoms with Gasteiger partial charge >= 0.3 is 5.97 Å². The molecule has 0 spiro atoms. The van der Waals surface area contributed by atoms with Gasteiger partial charge in [-0.1, -0.05) is 23.4 Å². The molecule has 1 aromatic carbocycles. The molecule has 1 fully saturated rings. The Labute approximate surface area is 261 Å². The van der Waals surface area contributed by atoms with Crippen LogP contribution in [0.5, 0.6) is 0 Å². The molecule has 1 aliphatic rings. The van der Waals surface area contributed by atoms with Crippen molar-refractivity contribution in [1.29, 1.82) is 5.26 Å². The van der Waals surface area contributed by atoms with Crippen LogP contribution in [-0.4, -0.2) is 56.9 Å². The predicted molar refractivity (Wildman–Crippen MR) is 169 cm³/mol. The highest BCUT2D eigenvalue weighted by Crippen LogP contribution is 2.36. The molecule has 220 valence electrons. The van der Waals surface area contributed by atoms with E-state index in [1.54, 1.807) is 49.0 Å². The van der Waals surface area contributed by atoms with Crippen LogP contribution in [0.15, 0.2) is 46.8 Å². The normalized spacial score (nSPS) is 13.4. The van der Waals surface area contributed by atoms with E-state index in [-0.39, 0.29) is 34.7 Å². The van der Waals surface area contributed by atoms with Crippen LogP contribution in [0.2, 0.25) is 5.02 Å². The number of carboxylic acid groups (broad SMARTS) is 1. The van der Waals surface area contributed by atoms with Crippen molar-refractivity contribution in [2.45, 2.75) is 32.4 Å². The summed E-state index contributed by atoms with van der Waals surface area (Å²) in [6.07, 6.45) is 4.71. The Balaban J connectivity index is 1.40. The topological polar surface area (TPSA) is 134 Å². The molecule has 0 radical (unpaired) electrons. The Morgan fingerprint density at radius 1 is 1.25 bits per heavy atom. The molecule has 44 heavy (non-hydrogen) atoms. The molecule has 0 aliphatic carbocycles. The van der Waals surface area contributed by atoms with E-state index in [1.807, 2.05) is 11.9 Å². The molecule has 1 N–H and O–H groups in total. The second-order valence-corrected chi connectivity index (χ2v) is 11.6. The molecule has 0 saturated carbocycles. The van der Waals surface area contributed by atoms with Gasteiger partial charge in [0, 0.05) is 59.6 Å². The number of hydrogen-bond acceptors (Lipinski definition) is 9. The minimum Gasteiger partial charge on any atom is -0.478 e. The van der Waals surface area contributed by atoms with Crippen molar-refractivity contribution in [3.05, 3.63) is 79.9 Å².